The summed E-state index contributed by atoms with van der Waals surface area (Å²) in [6.45, 7) is 3.24. The SMILES string of the molecule is CC[C@@H]1OCCC[C@H]1C(=O)NCc1nc2cc(OC)ccc2n1C. The molecule has 1 aliphatic rings. The van der Waals surface area contributed by atoms with Gasteiger partial charge in [-0.2, -0.15) is 0 Å². The molecule has 0 bridgehead atoms. The van der Waals surface area contributed by atoms with Gasteiger partial charge in [0.2, 0.25) is 5.91 Å². The molecule has 1 aliphatic heterocycles. The van der Waals surface area contributed by atoms with E-state index in [1.807, 2.05) is 29.8 Å². The van der Waals surface area contributed by atoms with E-state index < -0.39 is 0 Å². The number of nitrogens with one attached hydrogen (secondary N) is 1. The maximum Gasteiger partial charge on any atom is 0.226 e. The molecule has 1 N–H and O–H groups in total. The van der Waals surface area contributed by atoms with Crippen LogP contribution in [0.3, 0.4) is 0 Å². The van der Waals surface area contributed by atoms with E-state index in [4.69, 9.17) is 9.47 Å². The van der Waals surface area contributed by atoms with E-state index in [1.54, 1.807) is 7.11 Å². The van der Waals surface area contributed by atoms with Gasteiger partial charge in [0.15, 0.2) is 0 Å². The smallest absolute Gasteiger partial charge is 0.226 e. The van der Waals surface area contributed by atoms with E-state index in [1.165, 1.54) is 0 Å². The molecule has 1 amide bonds. The molecule has 1 saturated heterocycles. The Hall–Kier alpha value is -2.08. The van der Waals surface area contributed by atoms with Crippen molar-refractivity contribution in [3.63, 3.8) is 0 Å². The molecule has 6 heteroatoms. The second-order valence-corrected chi connectivity index (χ2v) is 6.23. The molecule has 2 atom stereocenters. The quantitative estimate of drug-likeness (QED) is 0.914. The van der Waals surface area contributed by atoms with Gasteiger partial charge in [0, 0.05) is 19.7 Å². The summed E-state index contributed by atoms with van der Waals surface area (Å²) in [5.41, 5.74) is 1.89. The van der Waals surface area contributed by atoms with Gasteiger partial charge >= 0.3 is 0 Å². The Morgan fingerprint density at radius 3 is 3.08 bits per heavy atom. The summed E-state index contributed by atoms with van der Waals surface area (Å²) in [4.78, 5) is 17.1. The lowest BCUT2D eigenvalue weighted by Gasteiger charge is -2.30. The van der Waals surface area contributed by atoms with Crippen LogP contribution in [-0.4, -0.2) is 35.3 Å². The fourth-order valence-corrected chi connectivity index (χ4v) is 3.35. The highest BCUT2D eigenvalue weighted by atomic mass is 16.5. The van der Waals surface area contributed by atoms with Crippen LogP contribution < -0.4 is 10.1 Å². The lowest BCUT2D eigenvalue weighted by Crippen LogP contribution is -2.41. The van der Waals surface area contributed by atoms with Crippen molar-refractivity contribution in [2.75, 3.05) is 13.7 Å². The Kier molecular flexibility index (Phi) is 5.04. The van der Waals surface area contributed by atoms with Crippen LogP contribution in [0.15, 0.2) is 18.2 Å². The summed E-state index contributed by atoms with van der Waals surface area (Å²) in [7, 11) is 3.60. The first-order chi connectivity index (χ1) is 11.6. The molecule has 1 aromatic heterocycles. The number of hydrogen-bond acceptors (Lipinski definition) is 4. The second kappa shape index (κ2) is 7.21. The first-order valence-electron chi connectivity index (χ1n) is 8.52. The lowest BCUT2D eigenvalue weighted by molar-refractivity contribution is -0.134. The fourth-order valence-electron chi connectivity index (χ4n) is 3.35. The van der Waals surface area contributed by atoms with Gasteiger partial charge in [0.1, 0.15) is 11.6 Å². The number of hydrogen-bond donors (Lipinski definition) is 1. The van der Waals surface area contributed by atoms with E-state index >= 15 is 0 Å². The summed E-state index contributed by atoms with van der Waals surface area (Å²) >= 11 is 0. The molecular formula is C18H25N3O3. The number of aryl methyl sites for hydroxylation is 1. The van der Waals surface area contributed by atoms with Gasteiger partial charge in [0.25, 0.3) is 0 Å². The highest BCUT2D eigenvalue weighted by Crippen LogP contribution is 2.24. The first-order valence-corrected chi connectivity index (χ1v) is 8.52. The van der Waals surface area contributed by atoms with E-state index in [2.05, 4.69) is 17.2 Å². The van der Waals surface area contributed by atoms with Crippen LogP contribution in [0.25, 0.3) is 11.0 Å². The molecule has 3 rings (SSSR count). The van der Waals surface area contributed by atoms with Gasteiger partial charge in [-0.3, -0.25) is 4.79 Å². The molecule has 1 aromatic carbocycles. The van der Waals surface area contributed by atoms with E-state index in [0.29, 0.717) is 6.54 Å². The molecule has 0 aliphatic carbocycles. The predicted octanol–water partition coefficient (Wildman–Crippen LogP) is 2.40. The van der Waals surface area contributed by atoms with Crippen molar-refractivity contribution >= 4 is 16.9 Å². The number of imidazole rings is 1. The van der Waals surface area contributed by atoms with Crippen LogP contribution in [0.5, 0.6) is 5.75 Å². The first kappa shape index (κ1) is 16.8. The van der Waals surface area contributed by atoms with Crippen LogP contribution in [-0.2, 0) is 23.1 Å². The Labute approximate surface area is 142 Å². The molecule has 6 nitrogen and oxygen atoms in total. The van der Waals surface area contributed by atoms with Crippen molar-refractivity contribution in [3.05, 3.63) is 24.0 Å². The molecule has 2 heterocycles. The highest BCUT2D eigenvalue weighted by Gasteiger charge is 2.30. The van der Waals surface area contributed by atoms with Crippen LogP contribution in [0, 0.1) is 5.92 Å². The third kappa shape index (κ3) is 3.24. The zero-order chi connectivity index (χ0) is 17.1. The minimum Gasteiger partial charge on any atom is -0.497 e. The second-order valence-electron chi connectivity index (χ2n) is 6.23. The number of aromatic nitrogens is 2. The highest BCUT2D eigenvalue weighted by molar-refractivity contribution is 5.80. The van der Waals surface area contributed by atoms with Gasteiger partial charge in [0.05, 0.1) is 36.7 Å². The molecule has 0 spiro atoms. The Morgan fingerprint density at radius 2 is 2.33 bits per heavy atom. The summed E-state index contributed by atoms with van der Waals surface area (Å²) in [5.74, 6) is 1.61. The van der Waals surface area contributed by atoms with Crippen LogP contribution in [0.4, 0.5) is 0 Å². The minimum atomic E-state index is -0.0569. The standard InChI is InChI=1S/C18H25N3O3/c1-4-16-13(6-5-9-24-16)18(22)19-11-17-20-14-10-12(23-3)7-8-15(14)21(17)2/h7-8,10,13,16H,4-6,9,11H2,1-3H3,(H,19,22)/t13-,16+/m1/s1. The van der Waals surface area contributed by atoms with Crippen molar-refractivity contribution < 1.29 is 14.3 Å². The topological polar surface area (TPSA) is 65.4 Å². The van der Waals surface area contributed by atoms with Crippen molar-refractivity contribution in [1.82, 2.24) is 14.9 Å². The van der Waals surface area contributed by atoms with Gasteiger partial charge in [-0.25, -0.2) is 4.98 Å². The molecule has 0 saturated carbocycles. The zero-order valence-corrected chi connectivity index (χ0v) is 14.5. The molecule has 2 aromatic rings. The number of ether oxygens (including phenoxy) is 2. The minimum absolute atomic E-state index is 0.0310. The average molecular weight is 331 g/mol. The maximum absolute atomic E-state index is 12.5. The number of rotatable bonds is 5. The largest absolute Gasteiger partial charge is 0.497 e. The predicted molar refractivity (Wildman–Crippen MR) is 91.9 cm³/mol. The zero-order valence-electron chi connectivity index (χ0n) is 14.5. The Morgan fingerprint density at radius 1 is 1.50 bits per heavy atom. The average Bonchev–Trinajstić information content (AvgIpc) is 2.94. The number of nitrogens with zero attached hydrogens (tertiary/aromatic N) is 2. The molecule has 130 valence electrons. The van der Waals surface area contributed by atoms with Crippen LogP contribution in [0.2, 0.25) is 0 Å². The third-order valence-corrected chi connectivity index (χ3v) is 4.78. The van der Waals surface area contributed by atoms with Gasteiger partial charge in [-0.1, -0.05) is 6.92 Å². The summed E-state index contributed by atoms with van der Waals surface area (Å²) < 4.78 is 13.0. The number of methoxy groups -OCH3 is 1. The summed E-state index contributed by atoms with van der Waals surface area (Å²) in [5, 5.41) is 3.03. The van der Waals surface area contributed by atoms with Gasteiger partial charge in [-0.05, 0) is 31.4 Å². The molecule has 0 unspecified atom stereocenters. The molecular weight excluding hydrogens is 306 g/mol. The molecule has 0 radical (unpaired) electrons. The van der Waals surface area contributed by atoms with Gasteiger partial charge < -0.3 is 19.4 Å². The number of carbonyl (C=O) groups excluding carboxylic acids is 1. The summed E-state index contributed by atoms with van der Waals surface area (Å²) in [6, 6.07) is 5.80. The number of fused-ring (bicyclic) bond motifs is 1. The number of benzene rings is 1. The van der Waals surface area contributed by atoms with Crippen molar-refractivity contribution in [2.24, 2.45) is 13.0 Å². The van der Waals surface area contributed by atoms with E-state index in [0.717, 1.165) is 48.5 Å². The van der Waals surface area contributed by atoms with Crippen LogP contribution in [0.1, 0.15) is 32.0 Å². The lowest BCUT2D eigenvalue weighted by atomic mass is 9.92. The number of carbonyl (C=O) groups is 1. The van der Waals surface area contributed by atoms with E-state index in [9.17, 15) is 4.79 Å². The van der Waals surface area contributed by atoms with Gasteiger partial charge in [-0.15, -0.1) is 0 Å². The Bertz CT molecular complexity index is 726. The third-order valence-electron chi connectivity index (χ3n) is 4.78. The van der Waals surface area contributed by atoms with Crippen molar-refractivity contribution in [3.8, 4) is 5.75 Å². The molecule has 24 heavy (non-hydrogen) atoms. The normalized spacial score (nSPS) is 21.0. The number of amides is 1. The summed E-state index contributed by atoms with van der Waals surface area (Å²) in [6.07, 6.45) is 2.73. The van der Waals surface area contributed by atoms with Crippen molar-refractivity contribution in [2.45, 2.75) is 38.8 Å². The Balaban J connectivity index is 1.70. The van der Waals surface area contributed by atoms with E-state index in [-0.39, 0.29) is 17.9 Å². The molecule has 1 fully saturated rings. The fraction of sp³-hybridized carbons (Fsp3) is 0.556. The maximum atomic E-state index is 12.5. The van der Waals surface area contributed by atoms with Crippen molar-refractivity contribution in [1.29, 1.82) is 0 Å². The monoisotopic (exact) mass is 331 g/mol. The van der Waals surface area contributed by atoms with Crippen LogP contribution >= 0.6 is 0 Å².